The number of nitrogens with zero attached hydrogens (tertiary/aromatic N) is 5. The number of fused-ring (bicyclic) bond motifs is 1. The first-order valence-electron chi connectivity index (χ1n) is 6.97. The normalized spacial score (nSPS) is 28.2. The summed E-state index contributed by atoms with van der Waals surface area (Å²) < 4.78 is 0.708. The van der Waals surface area contributed by atoms with E-state index in [1.807, 2.05) is 0 Å². The fourth-order valence-electron chi connectivity index (χ4n) is 2.90. The number of carboxylic acid groups (broad SMARTS) is 1. The molecule has 23 heavy (non-hydrogen) atoms. The van der Waals surface area contributed by atoms with Gasteiger partial charge in [-0.25, -0.2) is 9.48 Å². The third-order valence-corrected chi connectivity index (χ3v) is 5.57. The predicted octanol–water partition coefficient (Wildman–Crippen LogP) is -1.39. The maximum Gasteiger partial charge on any atom is 0.327 e. The third-order valence-electron chi connectivity index (χ3n) is 4.00. The zero-order chi connectivity index (χ0) is 16.9. The molecule has 11 heteroatoms. The Balaban J connectivity index is 1.68. The van der Waals surface area contributed by atoms with E-state index in [0.29, 0.717) is 5.82 Å². The van der Waals surface area contributed by atoms with Crippen molar-refractivity contribution in [2.24, 2.45) is 0 Å². The summed E-state index contributed by atoms with van der Waals surface area (Å²) in [6.07, 6.45) is 0. The number of aryl methyl sites for hydroxylation is 1. The van der Waals surface area contributed by atoms with Crippen LogP contribution in [-0.4, -0.2) is 70.2 Å². The summed E-state index contributed by atoms with van der Waals surface area (Å²) in [7, 11) is 0. The van der Waals surface area contributed by atoms with Crippen LogP contribution in [0.5, 0.6) is 0 Å². The minimum absolute atomic E-state index is 0.0915. The second-order valence-corrected chi connectivity index (χ2v) is 7.80. The lowest BCUT2D eigenvalue weighted by Crippen LogP contribution is -2.70. The van der Waals surface area contributed by atoms with Gasteiger partial charge < -0.3 is 15.3 Å². The maximum atomic E-state index is 12.2. The Bertz CT molecular complexity index is 689. The molecule has 124 valence electrons. The van der Waals surface area contributed by atoms with Gasteiger partial charge in [0.15, 0.2) is 0 Å². The Hall–Kier alpha value is -2.17. The molecule has 10 nitrogen and oxygen atoms in total. The fourth-order valence-corrected chi connectivity index (χ4v) is 4.52. The number of β-lactam (4-membered cyclic amide) rings is 1. The van der Waals surface area contributed by atoms with E-state index in [-0.39, 0.29) is 17.8 Å². The summed E-state index contributed by atoms with van der Waals surface area (Å²) in [4.78, 5) is 37.0. The molecule has 0 radical (unpaired) electrons. The Morgan fingerprint density at radius 1 is 1.43 bits per heavy atom. The van der Waals surface area contributed by atoms with E-state index in [1.54, 1.807) is 20.8 Å². The van der Waals surface area contributed by atoms with Crippen molar-refractivity contribution in [3.05, 3.63) is 5.82 Å². The predicted molar refractivity (Wildman–Crippen MR) is 78.2 cm³/mol. The number of hydrogen-bond donors (Lipinski definition) is 2. The Kier molecular flexibility index (Phi) is 3.54. The molecule has 3 heterocycles. The molecular weight excluding hydrogens is 324 g/mol. The standard InChI is InChI=1S/C12H16N6O4S/c1-5-14-15-16-17(5)4-6(19)13-7-9(20)18-8(11(21)22)12(2,3)23-10(7)18/h7-8,10H,4H2,1-3H3,(H,13,19)(H,21,22)/t7-,8+,10-/m1/s1. The molecule has 3 rings (SSSR count). The van der Waals surface area contributed by atoms with Crippen LogP contribution in [0.1, 0.15) is 19.7 Å². The number of rotatable bonds is 4. The highest BCUT2D eigenvalue weighted by atomic mass is 32.2. The first-order chi connectivity index (χ1) is 10.7. The molecule has 0 unspecified atom stereocenters. The van der Waals surface area contributed by atoms with Gasteiger partial charge >= 0.3 is 5.97 Å². The van der Waals surface area contributed by atoms with Crippen molar-refractivity contribution in [2.45, 2.75) is 49.5 Å². The van der Waals surface area contributed by atoms with E-state index in [0.717, 1.165) is 0 Å². The number of carbonyl (C=O) groups is 3. The van der Waals surface area contributed by atoms with Crippen molar-refractivity contribution in [3.8, 4) is 0 Å². The van der Waals surface area contributed by atoms with E-state index in [4.69, 9.17) is 0 Å². The van der Waals surface area contributed by atoms with Crippen molar-refractivity contribution in [1.29, 1.82) is 0 Å². The average molecular weight is 340 g/mol. The topological polar surface area (TPSA) is 130 Å². The number of aliphatic carboxylic acids is 1. The number of hydrogen-bond acceptors (Lipinski definition) is 7. The SMILES string of the molecule is Cc1nnnn1CC(=O)N[C@@H]1C(=O)N2[C@@H]1SC(C)(C)[C@@H]2C(=O)O. The number of tetrazole rings is 1. The maximum absolute atomic E-state index is 12.2. The summed E-state index contributed by atoms with van der Waals surface area (Å²) in [6.45, 7) is 5.14. The van der Waals surface area contributed by atoms with E-state index < -0.39 is 28.7 Å². The lowest BCUT2D eigenvalue weighted by atomic mass is 9.96. The second-order valence-electron chi connectivity index (χ2n) is 6.03. The average Bonchev–Trinajstić information content (AvgIpc) is 2.95. The van der Waals surface area contributed by atoms with Crippen LogP contribution in [0.3, 0.4) is 0 Å². The Morgan fingerprint density at radius 3 is 2.70 bits per heavy atom. The number of carboxylic acids is 1. The van der Waals surface area contributed by atoms with Crippen LogP contribution in [0.2, 0.25) is 0 Å². The summed E-state index contributed by atoms with van der Waals surface area (Å²) in [5, 5.41) is 22.4. The molecule has 0 aromatic carbocycles. The van der Waals surface area contributed by atoms with E-state index in [2.05, 4.69) is 20.8 Å². The molecular formula is C12H16N6O4S. The van der Waals surface area contributed by atoms with Gasteiger partial charge in [-0.3, -0.25) is 9.59 Å². The molecule has 2 aliphatic rings. The fraction of sp³-hybridized carbons (Fsp3) is 0.667. The van der Waals surface area contributed by atoms with Gasteiger partial charge in [-0.05, 0) is 31.2 Å². The van der Waals surface area contributed by atoms with Gasteiger partial charge in [0.25, 0.3) is 0 Å². The molecule has 0 aliphatic carbocycles. The van der Waals surface area contributed by atoms with Crippen molar-refractivity contribution < 1.29 is 19.5 Å². The lowest BCUT2D eigenvalue weighted by Gasteiger charge is -2.43. The number of nitrogens with one attached hydrogen (secondary N) is 1. The summed E-state index contributed by atoms with van der Waals surface area (Å²) in [6, 6.07) is -1.60. The van der Waals surface area contributed by atoms with Gasteiger partial charge in [-0.2, -0.15) is 0 Å². The molecule has 2 N–H and O–H groups in total. The van der Waals surface area contributed by atoms with Crippen molar-refractivity contribution >= 4 is 29.5 Å². The van der Waals surface area contributed by atoms with Crippen LogP contribution in [-0.2, 0) is 20.9 Å². The highest BCUT2D eigenvalue weighted by molar-refractivity contribution is 8.01. The Morgan fingerprint density at radius 2 is 2.13 bits per heavy atom. The van der Waals surface area contributed by atoms with E-state index in [1.165, 1.54) is 21.3 Å². The molecule has 0 bridgehead atoms. The first-order valence-corrected chi connectivity index (χ1v) is 7.85. The first kappa shape index (κ1) is 15.7. The van der Waals surface area contributed by atoms with E-state index in [9.17, 15) is 19.5 Å². The van der Waals surface area contributed by atoms with Crippen LogP contribution >= 0.6 is 11.8 Å². The largest absolute Gasteiger partial charge is 0.480 e. The van der Waals surface area contributed by atoms with Crippen molar-refractivity contribution in [2.75, 3.05) is 0 Å². The molecule has 2 amide bonds. The Labute approximate surface area is 135 Å². The lowest BCUT2D eigenvalue weighted by molar-refractivity contribution is -0.161. The van der Waals surface area contributed by atoms with Gasteiger partial charge in [0.05, 0.1) is 0 Å². The molecule has 2 fully saturated rings. The molecule has 2 saturated heterocycles. The van der Waals surface area contributed by atoms with Crippen LogP contribution in [0, 0.1) is 6.92 Å². The van der Waals surface area contributed by atoms with Crippen LogP contribution in [0.15, 0.2) is 0 Å². The molecule has 0 spiro atoms. The van der Waals surface area contributed by atoms with Gasteiger partial charge in [0.2, 0.25) is 11.8 Å². The zero-order valence-electron chi connectivity index (χ0n) is 12.8. The molecule has 1 aromatic heterocycles. The molecule has 2 aliphatic heterocycles. The van der Waals surface area contributed by atoms with Crippen LogP contribution < -0.4 is 5.32 Å². The number of thioether (sulfide) groups is 1. The quantitative estimate of drug-likeness (QED) is 0.641. The van der Waals surface area contributed by atoms with Gasteiger partial charge in [0, 0.05) is 4.75 Å². The molecule has 1 aromatic rings. The van der Waals surface area contributed by atoms with Gasteiger partial charge in [0.1, 0.15) is 29.8 Å². The van der Waals surface area contributed by atoms with Gasteiger partial charge in [-0.15, -0.1) is 16.9 Å². The summed E-state index contributed by atoms with van der Waals surface area (Å²) >= 11 is 1.38. The number of amides is 2. The summed E-state index contributed by atoms with van der Waals surface area (Å²) in [5.74, 6) is -1.31. The third kappa shape index (κ3) is 2.44. The molecule has 3 atom stereocenters. The number of carbonyl (C=O) groups excluding carboxylic acids is 2. The van der Waals surface area contributed by atoms with Crippen LogP contribution in [0.25, 0.3) is 0 Å². The van der Waals surface area contributed by atoms with Crippen molar-refractivity contribution in [3.63, 3.8) is 0 Å². The highest BCUT2D eigenvalue weighted by Gasteiger charge is 2.64. The van der Waals surface area contributed by atoms with Crippen LogP contribution in [0.4, 0.5) is 0 Å². The molecule has 0 saturated carbocycles. The van der Waals surface area contributed by atoms with Gasteiger partial charge in [-0.1, -0.05) is 0 Å². The summed E-state index contributed by atoms with van der Waals surface area (Å²) in [5.41, 5.74) is 0. The smallest absolute Gasteiger partial charge is 0.327 e. The monoisotopic (exact) mass is 340 g/mol. The minimum Gasteiger partial charge on any atom is -0.480 e. The minimum atomic E-state index is -1.03. The van der Waals surface area contributed by atoms with E-state index >= 15 is 0 Å². The second kappa shape index (κ2) is 5.18. The highest BCUT2D eigenvalue weighted by Crippen LogP contribution is 2.50. The van der Waals surface area contributed by atoms with Crippen molar-refractivity contribution in [1.82, 2.24) is 30.4 Å². The zero-order valence-corrected chi connectivity index (χ0v) is 13.6. The number of aromatic nitrogens is 4.